The number of hydrogen-bond acceptors (Lipinski definition) is 3. The van der Waals surface area contributed by atoms with E-state index < -0.39 is 0 Å². The van der Waals surface area contributed by atoms with Crippen LogP contribution < -0.4 is 9.47 Å². The Labute approximate surface area is 198 Å². The van der Waals surface area contributed by atoms with E-state index in [9.17, 15) is 5.26 Å². The van der Waals surface area contributed by atoms with E-state index in [0.29, 0.717) is 18.8 Å². The number of allylic oxidation sites excluding steroid dienone is 1. The minimum Gasteiger partial charge on any atom is -0.494 e. The van der Waals surface area contributed by atoms with Gasteiger partial charge in [-0.15, -0.1) is 0 Å². The maximum atomic E-state index is 9.34. The molecule has 0 aliphatic rings. The Bertz CT molecular complexity index is 647. The lowest BCUT2D eigenvalue weighted by Crippen LogP contribution is -2.02. The zero-order valence-electron chi connectivity index (χ0n) is 20.9. The number of ether oxygens (including phenoxy) is 2. The SMILES string of the molecule is C=C(C#N)c1cc(OCCCCCCCCCC)ccc1OCCCCCCCCCC. The van der Waals surface area contributed by atoms with Crippen LogP contribution in [0.3, 0.4) is 0 Å². The van der Waals surface area contributed by atoms with E-state index in [0.717, 1.165) is 29.9 Å². The molecular weight excluding hydrogens is 394 g/mol. The van der Waals surface area contributed by atoms with Crippen molar-refractivity contribution < 1.29 is 9.47 Å². The Morgan fingerprint density at radius 2 is 1.19 bits per heavy atom. The van der Waals surface area contributed by atoms with E-state index in [2.05, 4.69) is 26.5 Å². The second kappa shape index (κ2) is 19.7. The predicted molar refractivity (Wildman–Crippen MR) is 137 cm³/mol. The number of rotatable bonds is 21. The van der Waals surface area contributed by atoms with Crippen LogP contribution in [0, 0.1) is 11.3 Å². The van der Waals surface area contributed by atoms with Crippen molar-refractivity contribution in [2.24, 2.45) is 0 Å². The zero-order valence-corrected chi connectivity index (χ0v) is 20.9. The molecule has 0 aromatic heterocycles. The summed E-state index contributed by atoms with van der Waals surface area (Å²) in [4.78, 5) is 0. The van der Waals surface area contributed by atoms with Gasteiger partial charge in [0.2, 0.25) is 0 Å². The van der Waals surface area contributed by atoms with Gasteiger partial charge in [0.1, 0.15) is 11.5 Å². The molecule has 0 aliphatic heterocycles. The number of nitriles is 1. The summed E-state index contributed by atoms with van der Waals surface area (Å²) in [6, 6.07) is 7.93. The van der Waals surface area contributed by atoms with Crippen LogP contribution in [0.5, 0.6) is 11.5 Å². The molecule has 0 heterocycles. The maximum absolute atomic E-state index is 9.34. The van der Waals surface area contributed by atoms with Crippen molar-refractivity contribution in [1.82, 2.24) is 0 Å². The largest absolute Gasteiger partial charge is 0.494 e. The highest BCUT2D eigenvalue weighted by Crippen LogP contribution is 2.30. The lowest BCUT2D eigenvalue weighted by Gasteiger charge is -2.13. The van der Waals surface area contributed by atoms with Gasteiger partial charge in [0.25, 0.3) is 0 Å². The molecule has 0 saturated heterocycles. The zero-order chi connectivity index (χ0) is 23.3. The first-order valence-corrected chi connectivity index (χ1v) is 13.2. The Morgan fingerprint density at radius 1 is 0.719 bits per heavy atom. The summed E-state index contributed by atoms with van der Waals surface area (Å²) in [5.74, 6) is 1.53. The van der Waals surface area contributed by atoms with Gasteiger partial charge in [0, 0.05) is 5.56 Å². The van der Waals surface area contributed by atoms with Gasteiger partial charge in [0.05, 0.1) is 24.9 Å². The monoisotopic (exact) mass is 441 g/mol. The van der Waals surface area contributed by atoms with Crippen molar-refractivity contribution >= 4 is 5.57 Å². The summed E-state index contributed by atoms with van der Waals surface area (Å²) in [6.07, 6.45) is 20.5. The van der Waals surface area contributed by atoms with Crippen LogP contribution in [0.2, 0.25) is 0 Å². The highest BCUT2D eigenvalue weighted by Gasteiger charge is 2.10. The van der Waals surface area contributed by atoms with Crippen LogP contribution in [0.15, 0.2) is 24.8 Å². The highest BCUT2D eigenvalue weighted by molar-refractivity contribution is 5.79. The Morgan fingerprint density at radius 3 is 1.69 bits per heavy atom. The van der Waals surface area contributed by atoms with Crippen molar-refractivity contribution in [3.8, 4) is 17.6 Å². The molecule has 1 aromatic carbocycles. The van der Waals surface area contributed by atoms with Gasteiger partial charge in [-0.1, -0.05) is 110 Å². The smallest absolute Gasteiger partial charge is 0.128 e. The third-order valence-corrected chi connectivity index (χ3v) is 5.93. The molecule has 0 amide bonds. The quantitative estimate of drug-likeness (QED) is 0.141. The van der Waals surface area contributed by atoms with Gasteiger partial charge in [-0.3, -0.25) is 0 Å². The highest BCUT2D eigenvalue weighted by atomic mass is 16.5. The molecule has 0 radical (unpaired) electrons. The third kappa shape index (κ3) is 13.5. The van der Waals surface area contributed by atoms with Crippen molar-refractivity contribution in [3.63, 3.8) is 0 Å². The number of hydrogen-bond donors (Lipinski definition) is 0. The first-order valence-electron chi connectivity index (χ1n) is 13.2. The van der Waals surface area contributed by atoms with Crippen LogP contribution in [0.1, 0.15) is 122 Å². The van der Waals surface area contributed by atoms with Crippen molar-refractivity contribution in [2.45, 2.75) is 117 Å². The number of unbranched alkanes of at least 4 members (excludes halogenated alkanes) is 14. The molecule has 0 aliphatic carbocycles. The van der Waals surface area contributed by atoms with Crippen LogP contribution >= 0.6 is 0 Å². The first kappa shape index (κ1) is 28.1. The summed E-state index contributed by atoms with van der Waals surface area (Å²) >= 11 is 0. The third-order valence-electron chi connectivity index (χ3n) is 5.93. The first-order chi connectivity index (χ1) is 15.7. The van der Waals surface area contributed by atoms with Gasteiger partial charge in [-0.25, -0.2) is 0 Å². The van der Waals surface area contributed by atoms with E-state index in [1.54, 1.807) is 0 Å². The molecule has 0 spiro atoms. The average Bonchev–Trinajstić information content (AvgIpc) is 2.82. The van der Waals surface area contributed by atoms with Gasteiger partial charge >= 0.3 is 0 Å². The predicted octanol–water partition coefficient (Wildman–Crippen LogP) is 9.26. The summed E-state index contributed by atoms with van der Waals surface area (Å²) in [6.45, 7) is 9.79. The van der Waals surface area contributed by atoms with Crippen LogP contribution in [0.4, 0.5) is 0 Å². The molecule has 32 heavy (non-hydrogen) atoms. The van der Waals surface area contributed by atoms with E-state index in [1.807, 2.05) is 18.2 Å². The molecule has 0 N–H and O–H groups in total. The fraction of sp³-hybridized carbons (Fsp3) is 0.690. The van der Waals surface area contributed by atoms with Crippen LogP contribution in [-0.2, 0) is 0 Å². The lowest BCUT2D eigenvalue weighted by molar-refractivity contribution is 0.295. The molecule has 180 valence electrons. The summed E-state index contributed by atoms with van der Waals surface area (Å²) < 4.78 is 11.9. The second-order valence-corrected chi connectivity index (χ2v) is 8.89. The van der Waals surface area contributed by atoms with Crippen molar-refractivity contribution in [2.75, 3.05) is 13.2 Å². The number of nitrogens with zero attached hydrogens (tertiary/aromatic N) is 1. The normalized spacial score (nSPS) is 10.7. The molecule has 0 fully saturated rings. The molecule has 3 heteroatoms. The molecular formula is C29H47NO2. The molecule has 0 bridgehead atoms. The molecule has 3 nitrogen and oxygen atoms in total. The van der Waals surface area contributed by atoms with E-state index in [1.165, 1.54) is 89.9 Å². The summed E-state index contributed by atoms with van der Waals surface area (Å²) in [5.41, 5.74) is 1.17. The minimum atomic E-state index is 0.424. The Kier molecular flexibility index (Phi) is 17.3. The topological polar surface area (TPSA) is 42.2 Å². The summed E-state index contributed by atoms with van der Waals surface area (Å²) in [5, 5.41) is 9.34. The average molecular weight is 442 g/mol. The molecule has 1 rings (SSSR count). The fourth-order valence-electron chi connectivity index (χ4n) is 3.86. The van der Waals surface area contributed by atoms with Gasteiger partial charge in [0.15, 0.2) is 0 Å². The number of benzene rings is 1. The standard InChI is InChI=1S/C29H47NO2/c1-4-6-8-10-12-14-16-18-22-31-27-20-21-29(28(24-27)26(3)25-30)32-23-19-17-15-13-11-9-7-5-2/h20-21,24H,3-19,22-23H2,1-2H3. The van der Waals surface area contributed by atoms with Crippen molar-refractivity contribution in [3.05, 3.63) is 30.3 Å². The molecule has 0 unspecified atom stereocenters. The maximum Gasteiger partial charge on any atom is 0.128 e. The molecule has 0 atom stereocenters. The van der Waals surface area contributed by atoms with Crippen molar-refractivity contribution in [1.29, 1.82) is 5.26 Å². The van der Waals surface area contributed by atoms with E-state index in [4.69, 9.17) is 9.47 Å². The van der Waals surface area contributed by atoms with Crippen LogP contribution in [-0.4, -0.2) is 13.2 Å². The Balaban J connectivity index is 2.31. The van der Waals surface area contributed by atoms with Gasteiger partial charge in [-0.2, -0.15) is 5.26 Å². The molecule has 0 saturated carbocycles. The van der Waals surface area contributed by atoms with E-state index >= 15 is 0 Å². The van der Waals surface area contributed by atoms with Crippen LogP contribution in [0.25, 0.3) is 5.57 Å². The van der Waals surface area contributed by atoms with E-state index in [-0.39, 0.29) is 0 Å². The second-order valence-electron chi connectivity index (χ2n) is 8.89. The molecule has 1 aromatic rings. The Hall–Kier alpha value is -1.95. The minimum absolute atomic E-state index is 0.424. The van der Waals surface area contributed by atoms with Gasteiger partial charge < -0.3 is 9.47 Å². The lowest BCUT2D eigenvalue weighted by atomic mass is 10.1. The summed E-state index contributed by atoms with van der Waals surface area (Å²) in [7, 11) is 0. The fourth-order valence-corrected chi connectivity index (χ4v) is 3.86. The van der Waals surface area contributed by atoms with Gasteiger partial charge in [-0.05, 0) is 31.0 Å².